The molecule has 0 aliphatic carbocycles. The van der Waals surface area contributed by atoms with Gasteiger partial charge in [-0.05, 0) is 5.92 Å². The van der Waals surface area contributed by atoms with Gasteiger partial charge in [-0.15, -0.1) is 11.8 Å². The quantitative estimate of drug-likeness (QED) is 0.665. The highest BCUT2D eigenvalue weighted by Crippen LogP contribution is 2.22. The van der Waals surface area contributed by atoms with Crippen LogP contribution in [0.25, 0.3) is 5.78 Å². The summed E-state index contributed by atoms with van der Waals surface area (Å²) in [4.78, 5) is 8.02. The molecule has 1 unspecified atom stereocenters. The zero-order valence-electron chi connectivity index (χ0n) is 8.67. The molecule has 1 atom stereocenters. The lowest BCUT2D eigenvalue weighted by molar-refractivity contribution is 0.250. The van der Waals surface area contributed by atoms with Crippen LogP contribution in [0.4, 0.5) is 0 Å². The third-order valence-corrected chi connectivity index (χ3v) is 3.53. The van der Waals surface area contributed by atoms with Gasteiger partial charge in [0.15, 0.2) is 0 Å². The monoisotopic (exact) mass is 258 g/mol. The van der Waals surface area contributed by atoms with E-state index in [0.717, 1.165) is 10.8 Å². The van der Waals surface area contributed by atoms with Crippen LogP contribution in [0, 0.1) is 5.92 Å². The number of thioether (sulfide) groups is 1. The molecule has 2 aromatic heterocycles. The summed E-state index contributed by atoms with van der Waals surface area (Å²) in [6.45, 7) is 2.15. The van der Waals surface area contributed by atoms with Crippen molar-refractivity contribution in [3.05, 3.63) is 17.5 Å². The topological polar surface area (TPSA) is 63.3 Å². The number of aliphatic hydroxyl groups is 1. The lowest BCUT2D eigenvalue weighted by Gasteiger charge is -2.07. The summed E-state index contributed by atoms with van der Waals surface area (Å²) in [5, 5.41) is 14.3. The zero-order valence-corrected chi connectivity index (χ0v) is 10.2. The maximum atomic E-state index is 8.95. The molecule has 0 aromatic carbocycles. The molecule has 1 N–H and O–H groups in total. The molecule has 16 heavy (non-hydrogen) atoms. The largest absolute Gasteiger partial charge is 0.396 e. The highest BCUT2D eigenvalue weighted by Gasteiger charge is 2.08. The second kappa shape index (κ2) is 4.99. The SMILES string of the molecule is CC(CO)CSc1cc(Cl)nc2ncnn12. The summed E-state index contributed by atoms with van der Waals surface area (Å²) in [6, 6.07) is 1.75. The lowest BCUT2D eigenvalue weighted by Crippen LogP contribution is -2.05. The molecule has 0 amide bonds. The number of nitrogens with zero attached hydrogens (tertiary/aromatic N) is 4. The minimum Gasteiger partial charge on any atom is -0.396 e. The van der Waals surface area contributed by atoms with Gasteiger partial charge in [-0.25, -0.2) is 0 Å². The van der Waals surface area contributed by atoms with E-state index in [-0.39, 0.29) is 12.5 Å². The second-order valence-electron chi connectivity index (χ2n) is 3.49. The van der Waals surface area contributed by atoms with Crippen LogP contribution < -0.4 is 0 Å². The number of hydrogen-bond donors (Lipinski definition) is 1. The van der Waals surface area contributed by atoms with Crippen molar-refractivity contribution in [2.24, 2.45) is 5.92 Å². The Morgan fingerprint density at radius 3 is 3.19 bits per heavy atom. The molecule has 2 aromatic rings. The van der Waals surface area contributed by atoms with Gasteiger partial charge in [-0.1, -0.05) is 18.5 Å². The first-order valence-electron chi connectivity index (χ1n) is 4.80. The Morgan fingerprint density at radius 2 is 2.44 bits per heavy atom. The molecule has 7 heteroatoms. The maximum Gasteiger partial charge on any atom is 0.254 e. The minimum absolute atomic E-state index is 0.173. The summed E-state index contributed by atoms with van der Waals surface area (Å²) in [6.07, 6.45) is 1.44. The summed E-state index contributed by atoms with van der Waals surface area (Å²) >= 11 is 7.45. The van der Waals surface area contributed by atoms with Crippen molar-refractivity contribution < 1.29 is 5.11 Å². The third-order valence-electron chi connectivity index (χ3n) is 2.02. The first kappa shape index (κ1) is 11.6. The van der Waals surface area contributed by atoms with E-state index in [1.165, 1.54) is 6.33 Å². The Labute approximate surface area is 102 Å². The van der Waals surface area contributed by atoms with Gasteiger partial charge < -0.3 is 5.11 Å². The Bertz CT molecular complexity index is 489. The highest BCUT2D eigenvalue weighted by atomic mass is 35.5. The van der Waals surface area contributed by atoms with E-state index < -0.39 is 0 Å². The van der Waals surface area contributed by atoms with Gasteiger partial charge in [0.25, 0.3) is 5.78 Å². The van der Waals surface area contributed by atoms with Crippen molar-refractivity contribution >= 4 is 29.1 Å². The predicted molar refractivity (Wildman–Crippen MR) is 62.8 cm³/mol. The Hall–Kier alpha value is -0.850. The predicted octanol–water partition coefficient (Wildman–Crippen LogP) is 1.50. The Morgan fingerprint density at radius 1 is 1.62 bits per heavy atom. The van der Waals surface area contributed by atoms with Crippen molar-refractivity contribution in [1.82, 2.24) is 19.6 Å². The molecule has 5 nitrogen and oxygen atoms in total. The summed E-state index contributed by atoms with van der Waals surface area (Å²) in [5.74, 6) is 1.52. The Kier molecular flexibility index (Phi) is 3.63. The smallest absolute Gasteiger partial charge is 0.254 e. The van der Waals surface area contributed by atoms with E-state index in [1.807, 2.05) is 6.92 Å². The molecule has 2 heterocycles. The van der Waals surface area contributed by atoms with Crippen LogP contribution in [0.2, 0.25) is 5.15 Å². The van der Waals surface area contributed by atoms with Gasteiger partial charge in [-0.2, -0.15) is 19.6 Å². The standard InChI is InChI=1S/C9H11ClN4OS/c1-6(3-15)4-16-8-2-7(10)13-9-11-5-12-14(8)9/h2,5-6,15H,3-4H2,1H3. The minimum atomic E-state index is 0.173. The van der Waals surface area contributed by atoms with Crippen molar-refractivity contribution in [1.29, 1.82) is 0 Å². The number of rotatable bonds is 4. The van der Waals surface area contributed by atoms with Gasteiger partial charge in [0.05, 0.1) is 0 Å². The van der Waals surface area contributed by atoms with Crippen LogP contribution in [0.1, 0.15) is 6.92 Å². The van der Waals surface area contributed by atoms with Gasteiger partial charge in [0, 0.05) is 18.4 Å². The fraction of sp³-hybridized carbons (Fsp3) is 0.444. The molecule has 0 fully saturated rings. The fourth-order valence-corrected chi connectivity index (χ4v) is 2.39. The normalized spacial score (nSPS) is 13.2. The molecule has 0 spiro atoms. The molecule has 0 radical (unpaired) electrons. The van der Waals surface area contributed by atoms with Crippen LogP contribution in [-0.4, -0.2) is 37.0 Å². The van der Waals surface area contributed by atoms with E-state index >= 15 is 0 Å². The Balaban J connectivity index is 2.25. The number of halogens is 1. The molecule has 86 valence electrons. The first-order chi connectivity index (χ1) is 7.70. The average molecular weight is 259 g/mol. The van der Waals surface area contributed by atoms with Gasteiger partial charge in [0.1, 0.15) is 16.5 Å². The number of hydrogen-bond acceptors (Lipinski definition) is 5. The zero-order chi connectivity index (χ0) is 11.5. The van der Waals surface area contributed by atoms with E-state index in [1.54, 1.807) is 22.3 Å². The van der Waals surface area contributed by atoms with Crippen LogP contribution in [0.5, 0.6) is 0 Å². The molecule has 0 saturated carbocycles. The lowest BCUT2D eigenvalue weighted by atomic mass is 10.2. The van der Waals surface area contributed by atoms with Gasteiger partial charge in [0.2, 0.25) is 0 Å². The third kappa shape index (κ3) is 2.45. The van der Waals surface area contributed by atoms with E-state index in [0.29, 0.717) is 10.9 Å². The van der Waals surface area contributed by atoms with Crippen molar-refractivity contribution in [2.75, 3.05) is 12.4 Å². The second-order valence-corrected chi connectivity index (χ2v) is 4.92. The summed E-state index contributed by atoms with van der Waals surface area (Å²) in [5.41, 5.74) is 0. The molecule has 0 saturated heterocycles. The molecule has 0 aliphatic heterocycles. The first-order valence-corrected chi connectivity index (χ1v) is 6.17. The van der Waals surface area contributed by atoms with Crippen molar-refractivity contribution in [2.45, 2.75) is 11.9 Å². The van der Waals surface area contributed by atoms with Crippen LogP contribution in [0.15, 0.2) is 17.4 Å². The van der Waals surface area contributed by atoms with E-state index in [9.17, 15) is 0 Å². The van der Waals surface area contributed by atoms with Crippen LogP contribution >= 0.6 is 23.4 Å². The summed E-state index contributed by atoms with van der Waals surface area (Å²) in [7, 11) is 0. The molecule has 0 bridgehead atoms. The summed E-state index contributed by atoms with van der Waals surface area (Å²) < 4.78 is 1.64. The van der Waals surface area contributed by atoms with Crippen LogP contribution in [-0.2, 0) is 0 Å². The fourth-order valence-electron chi connectivity index (χ4n) is 1.14. The molecule has 2 rings (SSSR count). The number of fused-ring (bicyclic) bond motifs is 1. The van der Waals surface area contributed by atoms with E-state index in [2.05, 4.69) is 15.1 Å². The van der Waals surface area contributed by atoms with Crippen LogP contribution in [0.3, 0.4) is 0 Å². The highest BCUT2D eigenvalue weighted by molar-refractivity contribution is 7.99. The molecule has 0 aliphatic rings. The molecular weight excluding hydrogens is 248 g/mol. The maximum absolute atomic E-state index is 8.95. The van der Waals surface area contributed by atoms with Gasteiger partial charge in [-0.3, -0.25) is 0 Å². The molecular formula is C9H11ClN4OS. The van der Waals surface area contributed by atoms with Crippen molar-refractivity contribution in [3.8, 4) is 0 Å². The van der Waals surface area contributed by atoms with Gasteiger partial charge >= 0.3 is 0 Å². The number of aromatic nitrogens is 4. The van der Waals surface area contributed by atoms with Crippen molar-refractivity contribution in [3.63, 3.8) is 0 Å². The van der Waals surface area contributed by atoms with E-state index in [4.69, 9.17) is 16.7 Å². The average Bonchev–Trinajstić information content (AvgIpc) is 2.73. The number of aliphatic hydroxyl groups excluding tert-OH is 1.